The molecule has 0 aromatic carbocycles. The maximum absolute atomic E-state index is 11.2. The standard InChI is InChI=1S/C13H18N4O4/c1-15(2)8-9-4-3-5-16(9)12-6-10(13(18)19)11(7-14-12)17(20)21/h6-7,9H,3-5,8H2,1-2H3,(H,18,19). The van der Waals surface area contributed by atoms with E-state index in [2.05, 4.69) is 9.88 Å². The van der Waals surface area contributed by atoms with Crippen LogP contribution >= 0.6 is 0 Å². The Morgan fingerprint density at radius 3 is 2.90 bits per heavy atom. The minimum atomic E-state index is -1.31. The molecule has 0 radical (unpaired) electrons. The number of anilines is 1. The zero-order chi connectivity index (χ0) is 15.6. The topological polar surface area (TPSA) is 99.8 Å². The van der Waals surface area contributed by atoms with Crippen molar-refractivity contribution in [2.75, 3.05) is 32.1 Å². The van der Waals surface area contributed by atoms with Crippen LogP contribution in [0.3, 0.4) is 0 Å². The normalized spacial score (nSPS) is 18.2. The molecule has 0 saturated carbocycles. The van der Waals surface area contributed by atoms with Gasteiger partial charge < -0.3 is 14.9 Å². The molecule has 114 valence electrons. The lowest BCUT2D eigenvalue weighted by Crippen LogP contribution is -2.38. The van der Waals surface area contributed by atoms with Crippen molar-refractivity contribution in [3.8, 4) is 0 Å². The van der Waals surface area contributed by atoms with E-state index < -0.39 is 16.6 Å². The van der Waals surface area contributed by atoms with E-state index in [0.29, 0.717) is 5.82 Å². The van der Waals surface area contributed by atoms with Gasteiger partial charge in [0.05, 0.1) is 4.92 Å². The number of nitro groups is 1. The summed E-state index contributed by atoms with van der Waals surface area (Å²) >= 11 is 0. The van der Waals surface area contributed by atoms with Crippen LogP contribution in [0.4, 0.5) is 11.5 Å². The average Bonchev–Trinajstić information content (AvgIpc) is 2.85. The highest BCUT2D eigenvalue weighted by atomic mass is 16.6. The summed E-state index contributed by atoms with van der Waals surface area (Å²) in [5, 5.41) is 20.0. The highest BCUT2D eigenvalue weighted by molar-refractivity contribution is 5.93. The van der Waals surface area contributed by atoms with Crippen LogP contribution in [0.5, 0.6) is 0 Å². The van der Waals surface area contributed by atoms with E-state index in [9.17, 15) is 14.9 Å². The van der Waals surface area contributed by atoms with Crippen LogP contribution in [0, 0.1) is 10.1 Å². The first kappa shape index (κ1) is 15.2. The molecule has 1 aromatic heterocycles. The predicted octanol–water partition coefficient (Wildman–Crippen LogP) is 1.22. The SMILES string of the molecule is CN(C)CC1CCCN1c1cc(C(=O)O)c([N+](=O)[O-])cn1. The van der Waals surface area contributed by atoms with Crippen molar-refractivity contribution in [2.24, 2.45) is 0 Å². The number of carboxylic acids is 1. The van der Waals surface area contributed by atoms with Crippen LogP contribution in [0.15, 0.2) is 12.3 Å². The van der Waals surface area contributed by atoms with Crippen molar-refractivity contribution in [3.63, 3.8) is 0 Å². The van der Waals surface area contributed by atoms with E-state index in [1.54, 1.807) is 0 Å². The number of hydrogen-bond donors (Lipinski definition) is 1. The maximum Gasteiger partial charge on any atom is 0.342 e. The molecular weight excluding hydrogens is 276 g/mol. The molecule has 1 fully saturated rings. The molecule has 0 aliphatic carbocycles. The molecule has 1 aromatic rings. The fraction of sp³-hybridized carbons (Fsp3) is 0.538. The van der Waals surface area contributed by atoms with Gasteiger partial charge in [-0.25, -0.2) is 9.78 Å². The van der Waals surface area contributed by atoms with Gasteiger partial charge in [-0.2, -0.15) is 0 Å². The molecule has 1 unspecified atom stereocenters. The largest absolute Gasteiger partial charge is 0.477 e. The van der Waals surface area contributed by atoms with Gasteiger partial charge in [-0.3, -0.25) is 10.1 Å². The number of aromatic carboxylic acids is 1. The van der Waals surface area contributed by atoms with E-state index in [0.717, 1.165) is 32.1 Å². The van der Waals surface area contributed by atoms with Crippen molar-refractivity contribution in [1.82, 2.24) is 9.88 Å². The van der Waals surface area contributed by atoms with Gasteiger partial charge >= 0.3 is 11.7 Å². The Kier molecular flexibility index (Phi) is 4.37. The monoisotopic (exact) mass is 294 g/mol. The predicted molar refractivity (Wildman–Crippen MR) is 76.8 cm³/mol. The molecule has 21 heavy (non-hydrogen) atoms. The fourth-order valence-electron chi connectivity index (χ4n) is 2.66. The van der Waals surface area contributed by atoms with Gasteiger partial charge in [0.25, 0.3) is 0 Å². The lowest BCUT2D eigenvalue weighted by Gasteiger charge is -2.28. The Bertz CT molecular complexity index is 561. The first-order chi connectivity index (χ1) is 9.90. The van der Waals surface area contributed by atoms with Crippen LogP contribution in [-0.4, -0.2) is 59.1 Å². The van der Waals surface area contributed by atoms with Gasteiger partial charge in [-0.05, 0) is 26.9 Å². The van der Waals surface area contributed by atoms with Crippen LogP contribution in [0.25, 0.3) is 0 Å². The molecule has 1 atom stereocenters. The molecule has 1 aliphatic rings. The Labute approximate surface area is 122 Å². The van der Waals surface area contributed by atoms with Crippen molar-refractivity contribution in [2.45, 2.75) is 18.9 Å². The molecule has 1 saturated heterocycles. The van der Waals surface area contributed by atoms with E-state index in [1.165, 1.54) is 6.07 Å². The molecule has 1 aliphatic heterocycles. The van der Waals surface area contributed by atoms with Gasteiger partial charge in [0.2, 0.25) is 0 Å². The highest BCUT2D eigenvalue weighted by Crippen LogP contribution is 2.28. The maximum atomic E-state index is 11.2. The Morgan fingerprint density at radius 2 is 2.33 bits per heavy atom. The van der Waals surface area contributed by atoms with E-state index in [4.69, 9.17) is 5.11 Å². The van der Waals surface area contributed by atoms with E-state index in [-0.39, 0.29) is 11.6 Å². The molecule has 2 heterocycles. The van der Waals surface area contributed by atoms with E-state index >= 15 is 0 Å². The minimum absolute atomic E-state index is 0.246. The summed E-state index contributed by atoms with van der Waals surface area (Å²) in [6.07, 6.45) is 3.03. The molecule has 2 rings (SSSR count). The first-order valence-electron chi connectivity index (χ1n) is 6.69. The van der Waals surface area contributed by atoms with E-state index in [1.807, 2.05) is 19.0 Å². The second-order valence-corrected chi connectivity index (χ2v) is 5.37. The highest BCUT2D eigenvalue weighted by Gasteiger charge is 2.29. The van der Waals surface area contributed by atoms with Gasteiger partial charge in [0.15, 0.2) is 0 Å². The Morgan fingerprint density at radius 1 is 1.62 bits per heavy atom. The van der Waals surface area contributed by atoms with Crippen LogP contribution in [-0.2, 0) is 0 Å². The quantitative estimate of drug-likeness (QED) is 0.643. The van der Waals surface area contributed by atoms with Crippen molar-refractivity contribution in [3.05, 3.63) is 27.9 Å². The first-order valence-corrected chi connectivity index (χ1v) is 6.69. The molecule has 8 nitrogen and oxygen atoms in total. The lowest BCUT2D eigenvalue weighted by molar-refractivity contribution is -0.385. The summed E-state index contributed by atoms with van der Waals surface area (Å²) in [6, 6.07) is 1.55. The summed E-state index contributed by atoms with van der Waals surface area (Å²) in [6.45, 7) is 1.61. The molecule has 0 amide bonds. The zero-order valence-electron chi connectivity index (χ0n) is 12.0. The van der Waals surface area contributed by atoms with Crippen LogP contribution < -0.4 is 4.90 Å². The second-order valence-electron chi connectivity index (χ2n) is 5.37. The summed E-state index contributed by atoms with van der Waals surface area (Å²) in [7, 11) is 3.95. The van der Waals surface area contributed by atoms with Crippen molar-refractivity contribution in [1.29, 1.82) is 0 Å². The van der Waals surface area contributed by atoms with Crippen molar-refractivity contribution < 1.29 is 14.8 Å². The number of carbonyl (C=O) groups is 1. The third kappa shape index (κ3) is 3.27. The number of aromatic nitrogens is 1. The fourth-order valence-corrected chi connectivity index (χ4v) is 2.66. The third-order valence-corrected chi connectivity index (χ3v) is 3.54. The Hall–Kier alpha value is -2.22. The third-order valence-electron chi connectivity index (χ3n) is 3.54. The number of likely N-dealkylation sites (N-methyl/N-ethyl adjacent to an activating group) is 1. The van der Waals surface area contributed by atoms with Crippen molar-refractivity contribution >= 4 is 17.5 Å². The van der Waals surface area contributed by atoms with Gasteiger partial charge in [0, 0.05) is 25.2 Å². The number of rotatable bonds is 5. The second kappa shape index (κ2) is 6.04. The number of nitrogens with zero attached hydrogens (tertiary/aromatic N) is 4. The van der Waals surface area contributed by atoms with Crippen LogP contribution in [0.2, 0.25) is 0 Å². The molecule has 0 spiro atoms. The summed E-state index contributed by atoms with van der Waals surface area (Å²) in [5.74, 6) is -0.823. The zero-order valence-corrected chi connectivity index (χ0v) is 12.0. The summed E-state index contributed by atoms with van der Waals surface area (Å²) < 4.78 is 0. The van der Waals surface area contributed by atoms with Gasteiger partial charge in [-0.1, -0.05) is 0 Å². The minimum Gasteiger partial charge on any atom is -0.477 e. The summed E-state index contributed by atoms with van der Waals surface area (Å²) in [5.41, 5.74) is -0.796. The van der Waals surface area contributed by atoms with Gasteiger partial charge in [-0.15, -0.1) is 0 Å². The Balaban J connectivity index is 2.33. The van der Waals surface area contributed by atoms with Gasteiger partial charge in [0.1, 0.15) is 17.6 Å². The molecule has 8 heteroatoms. The molecule has 0 bridgehead atoms. The summed E-state index contributed by atoms with van der Waals surface area (Å²) in [4.78, 5) is 29.5. The molecule has 1 N–H and O–H groups in total. The molecular formula is C13H18N4O4. The van der Waals surface area contributed by atoms with Crippen LogP contribution in [0.1, 0.15) is 23.2 Å². The number of carboxylic acid groups (broad SMARTS) is 1. The smallest absolute Gasteiger partial charge is 0.342 e. The average molecular weight is 294 g/mol. The number of hydrogen-bond acceptors (Lipinski definition) is 6. The lowest BCUT2D eigenvalue weighted by atomic mass is 10.2. The number of pyridine rings is 1.